The Labute approximate surface area is 121 Å². The van der Waals surface area contributed by atoms with Crippen LogP contribution in [0.25, 0.3) is 0 Å². The molecule has 0 saturated carbocycles. The molecule has 1 aliphatic heterocycles. The Kier molecular flexibility index (Phi) is 6.65. The van der Waals surface area contributed by atoms with Gasteiger partial charge in [-0.05, 0) is 64.3 Å². The molecular weight excluding hydrogens is 252 g/mol. The van der Waals surface area contributed by atoms with E-state index in [4.69, 9.17) is 4.74 Å². The smallest absolute Gasteiger partial charge is 0.303 e. The lowest BCUT2D eigenvalue weighted by molar-refractivity contribution is -0.151. The Bertz CT molecular complexity index is 393. The molecule has 112 valence electrons. The first-order chi connectivity index (χ1) is 9.38. The number of rotatable bonds is 1. The summed E-state index contributed by atoms with van der Waals surface area (Å²) in [5.41, 5.74) is 1.07. The normalized spacial score (nSPS) is 16.0. The number of nitrogens with one attached hydrogen (secondary N) is 1. The summed E-state index contributed by atoms with van der Waals surface area (Å²) in [4.78, 5) is 14.4. The lowest BCUT2D eigenvalue weighted by Crippen LogP contribution is -2.26. The molecule has 1 aliphatic rings. The van der Waals surface area contributed by atoms with E-state index in [1.54, 1.807) is 0 Å². The molecule has 20 heavy (non-hydrogen) atoms. The first kappa shape index (κ1) is 16.6. The van der Waals surface area contributed by atoms with Gasteiger partial charge in [-0.3, -0.25) is 9.78 Å². The van der Waals surface area contributed by atoms with Gasteiger partial charge in [0.2, 0.25) is 0 Å². The molecule has 1 fully saturated rings. The van der Waals surface area contributed by atoms with Gasteiger partial charge in [0, 0.05) is 19.3 Å². The molecule has 4 nitrogen and oxygen atoms in total. The summed E-state index contributed by atoms with van der Waals surface area (Å²) in [6.45, 7) is 9.24. The van der Waals surface area contributed by atoms with Gasteiger partial charge in [0.1, 0.15) is 5.60 Å². The van der Waals surface area contributed by atoms with Crippen LogP contribution in [0, 0.1) is 0 Å². The van der Waals surface area contributed by atoms with Crippen molar-refractivity contribution >= 4 is 5.97 Å². The van der Waals surface area contributed by atoms with Crippen molar-refractivity contribution in [3.63, 3.8) is 0 Å². The van der Waals surface area contributed by atoms with Crippen LogP contribution in [-0.2, 0) is 9.53 Å². The molecule has 0 spiro atoms. The highest BCUT2D eigenvalue weighted by Crippen LogP contribution is 2.23. The van der Waals surface area contributed by atoms with E-state index in [2.05, 4.69) is 16.4 Å². The lowest BCUT2D eigenvalue weighted by Gasteiger charge is -2.22. The van der Waals surface area contributed by atoms with Crippen LogP contribution in [-0.4, -0.2) is 29.6 Å². The second kappa shape index (κ2) is 8.00. The fraction of sp³-hybridized carbons (Fsp3) is 0.625. The SMILES string of the molecule is CC(=O)OC(C)(C)C.c1cncc(C2CCNCC2)c1. The van der Waals surface area contributed by atoms with Gasteiger partial charge in [-0.25, -0.2) is 0 Å². The minimum Gasteiger partial charge on any atom is -0.460 e. The molecule has 0 atom stereocenters. The fourth-order valence-electron chi connectivity index (χ4n) is 2.20. The van der Waals surface area contributed by atoms with Crippen molar-refractivity contribution in [3.8, 4) is 0 Å². The molecule has 0 unspecified atom stereocenters. The van der Waals surface area contributed by atoms with Crippen molar-refractivity contribution in [3.05, 3.63) is 30.1 Å². The molecule has 1 N–H and O–H groups in total. The van der Waals surface area contributed by atoms with E-state index in [9.17, 15) is 4.79 Å². The van der Waals surface area contributed by atoms with Gasteiger partial charge in [-0.15, -0.1) is 0 Å². The predicted octanol–water partition coefficient (Wildman–Crippen LogP) is 2.90. The van der Waals surface area contributed by atoms with Gasteiger partial charge in [0.15, 0.2) is 0 Å². The van der Waals surface area contributed by atoms with E-state index < -0.39 is 0 Å². The van der Waals surface area contributed by atoms with Crippen LogP contribution in [0.3, 0.4) is 0 Å². The molecule has 2 rings (SSSR count). The van der Waals surface area contributed by atoms with Crippen molar-refractivity contribution in [1.29, 1.82) is 0 Å². The van der Waals surface area contributed by atoms with Gasteiger partial charge in [0.25, 0.3) is 0 Å². The zero-order valence-electron chi connectivity index (χ0n) is 13.0. The molecule has 0 aliphatic carbocycles. The maximum absolute atomic E-state index is 10.2. The molecule has 1 aromatic heterocycles. The third kappa shape index (κ3) is 7.24. The quantitative estimate of drug-likeness (QED) is 0.803. The van der Waals surface area contributed by atoms with E-state index in [-0.39, 0.29) is 11.6 Å². The van der Waals surface area contributed by atoms with Gasteiger partial charge in [0.05, 0.1) is 0 Å². The zero-order chi connectivity index (χ0) is 15.0. The highest BCUT2D eigenvalue weighted by Gasteiger charge is 2.14. The number of esters is 1. The summed E-state index contributed by atoms with van der Waals surface area (Å²) in [5.74, 6) is 0.512. The van der Waals surface area contributed by atoms with Gasteiger partial charge in [-0.2, -0.15) is 0 Å². The summed E-state index contributed by atoms with van der Waals surface area (Å²) in [7, 11) is 0. The average Bonchev–Trinajstić information content (AvgIpc) is 2.39. The number of aromatic nitrogens is 1. The largest absolute Gasteiger partial charge is 0.460 e. The Morgan fingerprint density at radius 2 is 2.00 bits per heavy atom. The summed E-state index contributed by atoms with van der Waals surface area (Å²) >= 11 is 0. The molecule has 0 bridgehead atoms. The average molecular weight is 278 g/mol. The van der Waals surface area contributed by atoms with Crippen LogP contribution >= 0.6 is 0 Å². The number of carbonyl (C=O) groups is 1. The zero-order valence-corrected chi connectivity index (χ0v) is 13.0. The summed E-state index contributed by atoms with van der Waals surface area (Å²) in [6, 6.07) is 4.21. The van der Waals surface area contributed by atoms with Crippen LogP contribution in [0.2, 0.25) is 0 Å². The van der Waals surface area contributed by atoms with Crippen LogP contribution < -0.4 is 5.32 Å². The van der Waals surface area contributed by atoms with Crippen LogP contribution in [0.5, 0.6) is 0 Å². The van der Waals surface area contributed by atoms with Crippen molar-refractivity contribution in [2.75, 3.05) is 13.1 Å². The Morgan fingerprint density at radius 1 is 1.35 bits per heavy atom. The molecule has 0 amide bonds. The first-order valence-electron chi connectivity index (χ1n) is 7.19. The number of ether oxygens (including phenoxy) is 1. The van der Waals surface area contributed by atoms with Crippen LogP contribution in [0.1, 0.15) is 52.0 Å². The highest BCUT2D eigenvalue weighted by atomic mass is 16.6. The van der Waals surface area contributed by atoms with Crippen LogP contribution in [0.4, 0.5) is 0 Å². The molecule has 0 aromatic carbocycles. The van der Waals surface area contributed by atoms with Gasteiger partial charge >= 0.3 is 5.97 Å². The Morgan fingerprint density at radius 3 is 2.40 bits per heavy atom. The number of hydrogen-bond donors (Lipinski definition) is 1. The third-order valence-corrected chi connectivity index (χ3v) is 2.94. The summed E-state index contributed by atoms with van der Waals surface area (Å²) in [6.07, 6.45) is 6.35. The van der Waals surface area contributed by atoms with Crippen molar-refractivity contribution in [1.82, 2.24) is 10.3 Å². The minimum absolute atomic E-state index is 0.225. The second-order valence-electron chi connectivity index (χ2n) is 6.02. The number of piperidine rings is 1. The standard InChI is InChI=1S/C10H14N2.C6H12O2/c1-2-10(8-12-5-1)9-3-6-11-7-4-9;1-5(7)8-6(2,3)4/h1-2,5,8-9,11H,3-4,6-7H2;1-4H3. The van der Waals surface area contributed by atoms with Crippen LogP contribution in [0.15, 0.2) is 24.5 Å². The van der Waals surface area contributed by atoms with E-state index >= 15 is 0 Å². The van der Waals surface area contributed by atoms with Crippen molar-refractivity contribution in [2.24, 2.45) is 0 Å². The van der Waals surface area contributed by atoms with E-state index in [1.165, 1.54) is 25.3 Å². The van der Waals surface area contributed by atoms with Crippen molar-refractivity contribution < 1.29 is 9.53 Å². The van der Waals surface area contributed by atoms with Gasteiger partial charge < -0.3 is 10.1 Å². The molecular formula is C16H26N2O2. The highest BCUT2D eigenvalue weighted by molar-refractivity contribution is 5.66. The minimum atomic E-state index is -0.328. The Hall–Kier alpha value is -1.42. The molecule has 0 radical (unpaired) electrons. The number of pyridine rings is 1. The van der Waals surface area contributed by atoms with E-state index in [0.29, 0.717) is 0 Å². The first-order valence-corrected chi connectivity index (χ1v) is 7.19. The third-order valence-electron chi connectivity index (χ3n) is 2.94. The van der Waals surface area contributed by atoms with E-state index in [1.807, 2.05) is 39.2 Å². The summed E-state index contributed by atoms with van der Waals surface area (Å²) in [5, 5.41) is 3.36. The molecule has 4 heteroatoms. The van der Waals surface area contributed by atoms with Gasteiger partial charge in [-0.1, -0.05) is 6.07 Å². The second-order valence-corrected chi connectivity index (χ2v) is 6.02. The maximum atomic E-state index is 10.2. The molecule has 2 heterocycles. The van der Waals surface area contributed by atoms with Crippen molar-refractivity contribution in [2.45, 2.75) is 52.1 Å². The fourth-order valence-corrected chi connectivity index (χ4v) is 2.20. The summed E-state index contributed by atoms with van der Waals surface area (Å²) < 4.78 is 4.80. The molecule has 1 aromatic rings. The predicted molar refractivity (Wildman–Crippen MR) is 80.6 cm³/mol. The number of nitrogens with zero attached hydrogens (tertiary/aromatic N) is 1. The lowest BCUT2D eigenvalue weighted by atomic mass is 9.91. The maximum Gasteiger partial charge on any atom is 0.303 e. The molecule has 1 saturated heterocycles. The Balaban J connectivity index is 0.000000221. The number of carbonyl (C=O) groups excluding carboxylic acids is 1. The topological polar surface area (TPSA) is 51.2 Å². The number of hydrogen-bond acceptors (Lipinski definition) is 4. The van der Waals surface area contributed by atoms with E-state index in [0.717, 1.165) is 19.0 Å². The monoisotopic (exact) mass is 278 g/mol.